The smallest absolute Gasteiger partial charge is 0.407 e. The Hall–Kier alpha value is -4.66. The number of benzene rings is 2. The van der Waals surface area contributed by atoms with E-state index in [2.05, 4.69) is 9.97 Å². The minimum atomic E-state index is -0.958. The number of carboxylic acid groups (broad SMARTS) is 1. The van der Waals surface area contributed by atoms with Crippen molar-refractivity contribution in [3.63, 3.8) is 0 Å². The maximum absolute atomic E-state index is 12.8. The number of hydrogen-bond acceptors (Lipinski definition) is 4. The molecule has 9 heteroatoms. The maximum Gasteiger partial charge on any atom is 0.407 e. The Balaban J connectivity index is 1.37. The molecule has 176 valence electrons. The number of nitrogens with two attached hydrogens (primary N) is 1. The second-order valence-corrected chi connectivity index (χ2v) is 8.40. The van der Waals surface area contributed by atoms with Crippen molar-refractivity contribution >= 4 is 28.9 Å². The molecule has 1 fully saturated rings. The van der Waals surface area contributed by atoms with Gasteiger partial charge in [0.2, 0.25) is 5.91 Å². The second kappa shape index (κ2) is 8.94. The summed E-state index contributed by atoms with van der Waals surface area (Å²) in [4.78, 5) is 46.0. The van der Waals surface area contributed by atoms with Gasteiger partial charge in [-0.3, -0.25) is 9.59 Å². The van der Waals surface area contributed by atoms with Crippen molar-refractivity contribution in [3.05, 3.63) is 78.1 Å². The lowest BCUT2D eigenvalue weighted by Gasteiger charge is -2.33. The zero-order chi connectivity index (χ0) is 24.5. The monoisotopic (exact) mass is 469 g/mol. The van der Waals surface area contributed by atoms with Crippen LogP contribution in [0.25, 0.3) is 33.3 Å². The fourth-order valence-electron chi connectivity index (χ4n) is 4.30. The first-order chi connectivity index (χ1) is 16.9. The molecular formula is C26H23N5O4. The summed E-state index contributed by atoms with van der Waals surface area (Å²) in [7, 11) is 0. The molecule has 0 atom stereocenters. The molecule has 1 aliphatic heterocycles. The minimum absolute atomic E-state index is 0.109. The quantitative estimate of drug-likeness (QED) is 0.421. The Kier molecular flexibility index (Phi) is 5.66. The lowest BCUT2D eigenvalue weighted by molar-refractivity contribution is 0.0625. The van der Waals surface area contributed by atoms with Crippen LogP contribution in [0.15, 0.2) is 67.0 Å². The largest absolute Gasteiger partial charge is 0.465 e. The van der Waals surface area contributed by atoms with E-state index in [1.165, 1.54) is 4.90 Å². The lowest BCUT2D eigenvalue weighted by Crippen LogP contribution is -2.50. The Bertz CT molecular complexity index is 1420. The van der Waals surface area contributed by atoms with Crippen LogP contribution < -0.4 is 5.73 Å². The van der Waals surface area contributed by atoms with Gasteiger partial charge in [-0.25, -0.2) is 9.78 Å². The first-order valence-corrected chi connectivity index (χ1v) is 11.2. The number of nitrogens with one attached hydrogen (secondary N) is 1. The summed E-state index contributed by atoms with van der Waals surface area (Å²) < 4.78 is 0. The first-order valence-electron chi connectivity index (χ1n) is 11.2. The van der Waals surface area contributed by atoms with E-state index in [9.17, 15) is 14.4 Å². The van der Waals surface area contributed by atoms with Crippen LogP contribution in [0.5, 0.6) is 0 Å². The van der Waals surface area contributed by atoms with Crippen molar-refractivity contribution in [2.75, 3.05) is 26.2 Å². The molecule has 3 amide bonds. The molecule has 0 radical (unpaired) electrons. The van der Waals surface area contributed by atoms with E-state index in [-0.39, 0.29) is 5.91 Å². The number of aromatic amines is 1. The predicted octanol–water partition coefficient (Wildman–Crippen LogP) is 3.43. The SMILES string of the molecule is NC(=O)c1ccc(-c2c[nH]c3ncc(-c4ccc(C(=O)N5CCN(C(=O)O)CC5)cc4)cc23)cc1. The van der Waals surface area contributed by atoms with Gasteiger partial charge in [0.1, 0.15) is 5.65 Å². The minimum Gasteiger partial charge on any atom is -0.465 e. The Morgan fingerprint density at radius 2 is 1.43 bits per heavy atom. The number of hydrogen-bond donors (Lipinski definition) is 3. The number of H-pyrrole nitrogens is 1. The molecule has 9 nitrogen and oxygen atoms in total. The van der Waals surface area contributed by atoms with Gasteiger partial charge < -0.3 is 25.6 Å². The number of fused-ring (bicyclic) bond motifs is 1. The number of pyridine rings is 1. The number of primary amides is 1. The van der Waals surface area contributed by atoms with Crippen molar-refractivity contribution < 1.29 is 19.5 Å². The van der Waals surface area contributed by atoms with Crippen LogP contribution in [0.4, 0.5) is 4.79 Å². The van der Waals surface area contributed by atoms with E-state index in [0.717, 1.165) is 33.3 Å². The van der Waals surface area contributed by atoms with Crippen molar-refractivity contribution in [2.45, 2.75) is 0 Å². The first kappa shape index (κ1) is 22.1. The third-order valence-corrected chi connectivity index (χ3v) is 6.31. The standard InChI is InChI=1S/C26H23N5O4/c27-23(32)18-5-3-17(4-6-18)22-15-29-24-21(22)13-20(14-28-24)16-1-7-19(8-2-16)25(33)30-9-11-31(12-10-30)26(34)35/h1-8,13-15H,9-12H2,(H2,27,32)(H,28,29)(H,34,35). The molecular weight excluding hydrogens is 446 g/mol. The zero-order valence-electron chi connectivity index (χ0n) is 18.8. The molecule has 1 aliphatic rings. The number of rotatable bonds is 4. The number of piperazine rings is 1. The Morgan fingerprint density at radius 1 is 0.829 bits per heavy atom. The summed E-state index contributed by atoms with van der Waals surface area (Å²) in [5, 5.41) is 10.0. The second-order valence-electron chi connectivity index (χ2n) is 8.40. The maximum atomic E-state index is 12.8. The van der Waals surface area contributed by atoms with E-state index in [0.29, 0.717) is 37.3 Å². The van der Waals surface area contributed by atoms with Crippen LogP contribution in [-0.4, -0.2) is 69.0 Å². The number of carbonyl (C=O) groups excluding carboxylic acids is 2. The highest BCUT2D eigenvalue weighted by molar-refractivity contribution is 5.98. The number of nitrogens with zero attached hydrogens (tertiary/aromatic N) is 3. The fraction of sp³-hybridized carbons (Fsp3) is 0.154. The van der Waals surface area contributed by atoms with E-state index in [4.69, 9.17) is 10.8 Å². The summed E-state index contributed by atoms with van der Waals surface area (Å²) >= 11 is 0. The number of aromatic nitrogens is 2. The van der Waals surface area contributed by atoms with Gasteiger partial charge in [0.25, 0.3) is 5.91 Å². The van der Waals surface area contributed by atoms with Crippen LogP contribution in [0, 0.1) is 0 Å². The summed E-state index contributed by atoms with van der Waals surface area (Å²) in [5.41, 5.74) is 10.8. The predicted molar refractivity (Wildman–Crippen MR) is 131 cm³/mol. The molecule has 3 heterocycles. The lowest BCUT2D eigenvalue weighted by atomic mass is 10.0. The van der Waals surface area contributed by atoms with Crippen molar-refractivity contribution in [3.8, 4) is 22.3 Å². The highest BCUT2D eigenvalue weighted by Gasteiger charge is 2.24. The van der Waals surface area contributed by atoms with Gasteiger partial charge in [-0.1, -0.05) is 24.3 Å². The highest BCUT2D eigenvalue weighted by Crippen LogP contribution is 2.31. The Labute approximate surface area is 200 Å². The Morgan fingerprint density at radius 3 is 2.06 bits per heavy atom. The molecule has 0 saturated carbocycles. The summed E-state index contributed by atoms with van der Waals surface area (Å²) in [5.74, 6) is -0.577. The van der Waals surface area contributed by atoms with Crippen molar-refractivity contribution in [1.29, 1.82) is 0 Å². The molecule has 5 rings (SSSR count). The van der Waals surface area contributed by atoms with E-state index in [1.54, 1.807) is 35.4 Å². The summed E-state index contributed by atoms with van der Waals surface area (Å²) in [6, 6.07) is 16.5. The highest BCUT2D eigenvalue weighted by atomic mass is 16.4. The normalized spacial score (nSPS) is 13.7. The molecule has 0 spiro atoms. The molecule has 2 aromatic carbocycles. The molecule has 1 saturated heterocycles. The molecule has 35 heavy (non-hydrogen) atoms. The topological polar surface area (TPSA) is 133 Å². The van der Waals surface area contributed by atoms with Crippen LogP contribution in [-0.2, 0) is 0 Å². The van der Waals surface area contributed by atoms with Crippen LogP contribution in [0.3, 0.4) is 0 Å². The van der Waals surface area contributed by atoms with Gasteiger partial charge in [0, 0.05) is 66.2 Å². The van der Waals surface area contributed by atoms with Gasteiger partial charge in [-0.15, -0.1) is 0 Å². The molecule has 2 aromatic heterocycles. The van der Waals surface area contributed by atoms with E-state index < -0.39 is 12.0 Å². The molecule has 4 aromatic rings. The zero-order valence-corrected chi connectivity index (χ0v) is 18.8. The fourth-order valence-corrected chi connectivity index (χ4v) is 4.30. The van der Waals surface area contributed by atoms with Gasteiger partial charge >= 0.3 is 6.09 Å². The summed E-state index contributed by atoms with van der Waals surface area (Å²) in [6.45, 7) is 1.39. The molecule has 0 bridgehead atoms. The number of carbonyl (C=O) groups is 3. The van der Waals surface area contributed by atoms with Gasteiger partial charge in [-0.05, 0) is 41.5 Å². The van der Waals surface area contributed by atoms with Gasteiger partial charge in [-0.2, -0.15) is 0 Å². The molecule has 0 aliphatic carbocycles. The molecule has 4 N–H and O–H groups in total. The average molecular weight is 470 g/mol. The number of amides is 3. The third kappa shape index (κ3) is 4.31. The third-order valence-electron chi connectivity index (χ3n) is 6.31. The summed E-state index contributed by atoms with van der Waals surface area (Å²) in [6.07, 6.45) is 2.70. The van der Waals surface area contributed by atoms with Gasteiger partial charge in [0.05, 0.1) is 0 Å². The van der Waals surface area contributed by atoms with Crippen molar-refractivity contribution in [1.82, 2.24) is 19.8 Å². The van der Waals surface area contributed by atoms with Crippen LogP contribution in [0.2, 0.25) is 0 Å². The average Bonchev–Trinajstić information content (AvgIpc) is 3.32. The van der Waals surface area contributed by atoms with E-state index in [1.807, 2.05) is 36.5 Å². The van der Waals surface area contributed by atoms with E-state index >= 15 is 0 Å². The molecule has 0 unspecified atom stereocenters. The van der Waals surface area contributed by atoms with Gasteiger partial charge in [0.15, 0.2) is 0 Å². The van der Waals surface area contributed by atoms with Crippen molar-refractivity contribution in [2.24, 2.45) is 5.73 Å². The van der Waals surface area contributed by atoms with Crippen LogP contribution in [0.1, 0.15) is 20.7 Å². The van der Waals surface area contributed by atoms with Crippen LogP contribution >= 0.6 is 0 Å².